The highest BCUT2D eigenvalue weighted by Gasteiger charge is 1.99. The summed E-state index contributed by atoms with van der Waals surface area (Å²) in [5.41, 5.74) is 2.50. The second kappa shape index (κ2) is 4.47. The standard InChI is InChI=1S/C9H14N4/c1-3-7-13(2)9-6-4-5-8(11-9)12-10/h3-6H,1,7,10H2,2H3,(H,11,12). The molecule has 0 aliphatic heterocycles. The summed E-state index contributed by atoms with van der Waals surface area (Å²) in [7, 11) is 1.95. The van der Waals surface area contributed by atoms with Crippen molar-refractivity contribution in [2.75, 3.05) is 23.9 Å². The number of nitrogen functional groups attached to an aromatic ring is 1. The van der Waals surface area contributed by atoms with E-state index in [0.29, 0.717) is 5.82 Å². The predicted octanol–water partition coefficient (Wildman–Crippen LogP) is 0.989. The first kappa shape index (κ1) is 9.54. The SMILES string of the molecule is C=CCN(C)c1cccc(NN)n1. The molecule has 0 aromatic carbocycles. The highest BCUT2D eigenvalue weighted by Crippen LogP contribution is 2.11. The Labute approximate surface area is 78.0 Å². The van der Waals surface area contributed by atoms with Gasteiger partial charge in [-0.1, -0.05) is 12.1 Å². The molecule has 1 rings (SSSR count). The number of hydrogen-bond donors (Lipinski definition) is 2. The van der Waals surface area contributed by atoms with Gasteiger partial charge in [0.1, 0.15) is 11.6 Å². The van der Waals surface area contributed by atoms with Crippen LogP contribution in [0.3, 0.4) is 0 Å². The second-order valence-corrected chi connectivity index (χ2v) is 2.69. The van der Waals surface area contributed by atoms with Crippen molar-refractivity contribution in [3.63, 3.8) is 0 Å². The first-order valence-electron chi connectivity index (χ1n) is 4.03. The van der Waals surface area contributed by atoms with Crippen LogP contribution in [-0.4, -0.2) is 18.6 Å². The van der Waals surface area contributed by atoms with E-state index in [0.717, 1.165) is 12.4 Å². The molecule has 0 saturated carbocycles. The fraction of sp³-hybridized carbons (Fsp3) is 0.222. The maximum atomic E-state index is 5.24. The second-order valence-electron chi connectivity index (χ2n) is 2.69. The van der Waals surface area contributed by atoms with Gasteiger partial charge in [-0.05, 0) is 12.1 Å². The number of pyridine rings is 1. The minimum Gasteiger partial charge on any atom is -0.356 e. The smallest absolute Gasteiger partial charge is 0.142 e. The van der Waals surface area contributed by atoms with E-state index in [4.69, 9.17) is 5.84 Å². The molecule has 4 heteroatoms. The van der Waals surface area contributed by atoms with Gasteiger partial charge in [0.2, 0.25) is 0 Å². The van der Waals surface area contributed by atoms with E-state index in [9.17, 15) is 0 Å². The molecule has 0 radical (unpaired) electrons. The Bertz CT molecular complexity index is 285. The highest BCUT2D eigenvalue weighted by molar-refractivity contribution is 5.46. The zero-order chi connectivity index (χ0) is 9.68. The van der Waals surface area contributed by atoms with Crippen LogP contribution in [0.15, 0.2) is 30.9 Å². The van der Waals surface area contributed by atoms with Gasteiger partial charge in [-0.2, -0.15) is 0 Å². The summed E-state index contributed by atoms with van der Waals surface area (Å²) < 4.78 is 0. The Balaban J connectivity index is 2.81. The van der Waals surface area contributed by atoms with Gasteiger partial charge in [0.25, 0.3) is 0 Å². The van der Waals surface area contributed by atoms with Crippen molar-refractivity contribution in [3.8, 4) is 0 Å². The Morgan fingerprint density at radius 1 is 1.69 bits per heavy atom. The molecule has 1 aromatic heterocycles. The molecule has 0 saturated heterocycles. The van der Waals surface area contributed by atoms with Crippen molar-refractivity contribution in [2.24, 2.45) is 5.84 Å². The minimum absolute atomic E-state index is 0.661. The van der Waals surface area contributed by atoms with Crippen LogP contribution in [0.5, 0.6) is 0 Å². The van der Waals surface area contributed by atoms with E-state index in [-0.39, 0.29) is 0 Å². The summed E-state index contributed by atoms with van der Waals surface area (Å²) in [6.07, 6.45) is 1.82. The summed E-state index contributed by atoms with van der Waals surface area (Å²) in [4.78, 5) is 6.23. The van der Waals surface area contributed by atoms with Crippen LogP contribution in [0.25, 0.3) is 0 Å². The van der Waals surface area contributed by atoms with Gasteiger partial charge in [-0.3, -0.25) is 0 Å². The maximum Gasteiger partial charge on any atom is 0.142 e. The van der Waals surface area contributed by atoms with E-state index in [1.165, 1.54) is 0 Å². The third kappa shape index (κ3) is 2.45. The summed E-state index contributed by atoms with van der Waals surface area (Å²) in [6.45, 7) is 4.42. The highest BCUT2D eigenvalue weighted by atomic mass is 15.3. The number of nitrogens with two attached hydrogens (primary N) is 1. The number of nitrogens with zero attached hydrogens (tertiary/aromatic N) is 2. The zero-order valence-electron chi connectivity index (χ0n) is 7.70. The molecule has 0 atom stereocenters. The first-order valence-corrected chi connectivity index (χ1v) is 4.03. The number of anilines is 2. The van der Waals surface area contributed by atoms with E-state index in [1.54, 1.807) is 0 Å². The molecule has 0 spiro atoms. The van der Waals surface area contributed by atoms with E-state index >= 15 is 0 Å². The maximum absolute atomic E-state index is 5.24. The number of nitrogens with one attached hydrogen (secondary N) is 1. The van der Waals surface area contributed by atoms with Crippen molar-refractivity contribution in [3.05, 3.63) is 30.9 Å². The molecule has 0 amide bonds. The molecule has 0 fully saturated rings. The summed E-state index contributed by atoms with van der Waals surface area (Å²) >= 11 is 0. The van der Waals surface area contributed by atoms with Crippen molar-refractivity contribution >= 4 is 11.6 Å². The molecular formula is C9H14N4. The molecule has 4 nitrogen and oxygen atoms in total. The van der Waals surface area contributed by atoms with Gasteiger partial charge < -0.3 is 10.3 Å². The number of hydrogen-bond acceptors (Lipinski definition) is 4. The minimum atomic E-state index is 0.661. The lowest BCUT2D eigenvalue weighted by atomic mass is 10.4. The van der Waals surface area contributed by atoms with Crippen molar-refractivity contribution in [1.82, 2.24) is 4.98 Å². The largest absolute Gasteiger partial charge is 0.356 e. The lowest BCUT2D eigenvalue weighted by Gasteiger charge is -2.16. The normalized spacial score (nSPS) is 9.38. The lowest BCUT2D eigenvalue weighted by Crippen LogP contribution is -2.19. The van der Waals surface area contributed by atoms with Crippen LogP contribution in [0, 0.1) is 0 Å². The van der Waals surface area contributed by atoms with Gasteiger partial charge in [0, 0.05) is 13.6 Å². The molecule has 13 heavy (non-hydrogen) atoms. The van der Waals surface area contributed by atoms with Crippen LogP contribution in [-0.2, 0) is 0 Å². The third-order valence-electron chi connectivity index (χ3n) is 1.68. The third-order valence-corrected chi connectivity index (χ3v) is 1.68. The number of likely N-dealkylation sites (N-methyl/N-ethyl adjacent to an activating group) is 1. The molecular weight excluding hydrogens is 164 g/mol. The van der Waals surface area contributed by atoms with Crippen LogP contribution in [0.2, 0.25) is 0 Å². The van der Waals surface area contributed by atoms with Crippen LogP contribution in [0.1, 0.15) is 0 Å². The van der Waals surface area contributed by atoms with Gasteiger partial charge in [0.05, 0.1) is 0 Å². The molecule has 1 aromatic rings. The van der Waals surface area contributed by atoms with Crippen molar-refractivity contribution in [1.29, 1.82) is 0 Å². The molecule has 0 aliphatic rings. The lowest BCUT2D eigenvalue weighted by molar-refractivity contribution is 0.990. The fourth-order valence-electron chi connectivity index (χ4n) is 1.00. The summed E-state index contributed by atoms with van der Waals surface area (Å²) in [5, 5.41) is 0. The van der Waals surface area contributed by atoms with Gasteiger partial charge in [-0.15, -0.1) is 6.58 Å². The average molecular weight is 178 g/mol. The molecule has 3 N–H and O–H groups in total. The Kier molecular flexibility index (Phi) is 3.28. The van der Waals surface area contributed by atoms with Crippen molar-refractivity contribution in [2.45, 2.75) is 0 Å². The van der Waals surface area contributed by atoms with Gasteiger partial charge in [-0.25, -0.2) is 10.8 Å². The van der Waals surface area contributed by atoms with E-state index in [2.05, 4.69) is 17.0 Å². The van der Waals surface area contributed by atoms with Crippen molar-refractivity contribution < 1.29 is 0 Å². The van der Waals surface area contributed by atoms with Gasteiger partial charge >= 0.3 is 0 Å². The number of rotatable bonds is 4. The Hall–Kier alpha value is -1.55. The molecule has 0 unspecified atom stereocenters. The molecule has 0 bridgehead atoms. The molecule has 1 heterocycles. The van der Waals surface area contributed by atoms with Crippen LogP contribution < -0.4 is 16.2 Å². The fourth-order valence-corrected chi connectivity index (χ4v) is 1.00. The Morgan fingerprint density at radius 2 is 2.46 bits per heavy atom. The van der Waals surface area contributed by atoms with Gasteiger partial charge in [0.15, 0.2) is 0 Å². The zero-order valence-corrected chi connectivity index (χ0v) is 7.70. The predicted molar refractivity (Wildman–Crippen MR) is 55.5 cm³/mol. The average Bonchev–Trinajstić information content (AvgIpc) is 2.18. The topological polar surface area (TPSA) is 54.2 Å². The monoisotopic (exact) mass is 178 g/mol. The van der Waals surface area contributed by atoms with E-state index in [1.807, 2.05) is 36.2 Å². The number of hydrazine groups is 1. The summed E-state index contributed by atoms with van der Waals surface area (Å²) in [6, 6.07) is 5.63. The van der Waals surface area contributed by atoms with Crippen LogP contribution >= 0.6 is 0 Å². The number of aromatic nitrogens is 1. The quantitative estimate of drug-likeness (QED) is 0.410. The molecule has 70 valence electrons. The van der Waals surface area contributed by atoms with E-state index < -0.39 is 0 Å². The Morgan fingerprint density at radius 3 is 3.08 bits per heavy atom. The first-order chi connectivity index (χ1) is 6.27. The molecule has 0 aliphatic carbocycles. The summed E-state index contributed by atoms with van der Waals surface area (Å²) in [5.74, 6) is 6.77. The van der Waals surface area contributed by atoms with Crippen LogP contribution in [0.4, 0.5) is 11.6 Å².